The number of β-lactam (4-membered cyclic amide) rings is 1. The first-order valence-corrected chi connectivity index (χ1v) is 9.78. The number of rotatable bonds is 6. The maximum absolute atomic E-state index is 12.8. The second-order valence-corrected chi connectivity index (χ2v) is 9.16. The Balaban J connectivity index is 0.00000280. The van der Waals surface area contributed by atoms with E-state index in [2.05, 4.69) is 0 Å². The molecule has 1 N–H and O–H groups in total. The van der Waals surface area contributed by atoms with Gasteiger partial charge in [0.15, 0.2) is 0 Å². The predicted molar refractivity (Wildman–Crippen MR) is 98.1 cm³/mol. The number of hydrogen-bond acceptors (Lipinski definition) is 6. The molecule has 2 saturated heterocycles. The Morgan fingerprint density at radius 3 is 2.46 bits per heavy atom. The van der Waals surface area contributed by atoms with Crippen molar-refractivity contribution in [3.8, 4) is 0 Å². The van der Waals surface area contributed by atoms with Crippen LogP contribution in [0, 0.1) is 5.92 Å². The van der Waals surface area contributed by atoms with Crippen molar-refractivity contribution < 1.29 is 54.2 Å². The molecule has 0 saturated carbocycles. The molecule has 0 spiro atoms. The van der Waals surface area contributed by atoms with E-state index in [-0.39, 0.29) is 29.6 Å². The Morgan fingerprint density at radius 1 is 1.32 bits per heavy atom. The van der Waals surface area contributed by atoms with E-state index in [9.17, 15) is 24.6 Å². The average molecular weight is 414 g/mol. The summed E-state index contributed by atoms with van der Waals surface area (Å²) in [5.41, 5.74) is 0.926. The zero-order valence-corrected chi connectivity index (χ0v) is 19.3. The fourth-order valence-corrected chi connectivity index (χ4v) is 5.52. The van der Waals surface area contributed by atoms with Gasteiger partial charge in [-0.25, -0.2) is 0 Å². The van der Waals surface area contributed by atoms with Crippen molar-refractivity contribution in [3.63, 3.8) is 0 Å². The number of aliphatic hydroxyl groups excluding tert-OH is 1. The number of carbonyl (C=O) groups excluding carboxylic acids is 3. The number of carboxylic acid groups (broad SMARTS) is 1. The predicted octanol–water partition coefficient (Wildman–Crippen LogP) is -3.17. The molecule has 3 rings (SSSR count). The van der Waals surface area contributed by atoms with E-state index >= 15 is 0 Å². The van der Waals surface area contributed by atoms with Crippen LogP contribution in [0.15, 0.2) is 30.3 Å². The summed E-state index contributed by atoms with van der Waals surface area (Å²) < 4.78 is -0.745. The molecule has 2 fully saturated rings. The van der Waals surface area contributed by atoms with Gasteiger partial charge in [0.1, 0.15) is 12.0 Å². The molecule has 1 aromatic rings. The SMILES string of the molecule is CCN(Cc1ccccc1)C(=O)[C@@H](O)[C@@H]1C(=O)N2[C@@H]1SC(C)(C)[C@@H]2C(=O)[O-].[Na+]. The van der Waals surface area contributed by atoms with Crippen LogP contribution in [0.4, 0.5) is 0 Å². The van der Waals surface area contributed by atoms with Crippen LogP contribution in [0.1, 0.15) is 26.3 Å². The van der Waals surface area contributed by atoms with Crippen LogP contribution in [0.25, 0.3) is 0 Å². The normalized spacial score (nSPS) is 25.9. The number of carbonyl (C=O) groups is 3. The van der Waals surface area contributed by atoms with Gasteiger partial charge in [-0.05, 0) is 26.3 Å². The van der Waals surface area contributed by atoms with E-state index in [1.807, 2.05) is 37.3 Å². The molecule has 7 nitrogen and oxygen atoms in total. The van der Waals surface area contributed by atoms with Crippen molar-refractivity contribution in [1.29, 1.82) is 0 Å². The summed E-state index contributed by atoms with van der Waals surface area (Å²) in [5.74, 6) is -3.28. The van der Waals surface area contributed by atoms with Crippen LogP contribution in [-0.2, 0) is 20.9 Å². The summed E-state index contributed by atoms with van der Waals surface area (Å²) in [5, 5.41) is 21.5. The van der Waals surface area contributed by atoms with Crippen LogP contribution >= 0.6 is 11.8 Å². The van der Waals surface area contributed by atoms with E-state index in [4.69, 9.17) is 0 Å². The number of aliphatic carboxylic acids is 1. The van der Waals surface area contributed by atoms with Gasteiger partial charge in [-0.2, -0.15) is 0 Å². The Labute approximate surface area is 190 Å². The summed E-state index contributed by atoms with van der Waals surface area (Å²) in [4.78, 5) is 39.5. The molecule has 2 amide bonds. The standard InChI is InChI=1S/C19H24N2O5S.Na/c1-4-20(10-11-8-6-5-7-9-11)16(24)13(22)12-15(23)21-14(18(25)26)19(2,3)27-17(12)21;/h5-9,12-14,17,22H,4,10H2,1-3H3,(H,25,26);/q;+1/p-1/t12-,13+,14+,17-;/m1./s1. The molecule has 9 heteroatoms. The maximum Gasteiger partial charge on any atom is 1.00 e. The van der Waals surface area contributed by atoms with Gasteiger partial charge in [0, 0.05) is 17.8 Å². The number of amides is 2. The number of fused-ring (bicyclic) bond motifs is 1. The summed E-state index contributed by atoms with van der Waals surface area (Å²) in [7, 11) is 0. The number of likely N-dealkylation sites (N-methyl/N-ethyl adjacent to an activating group) is 1. The third-order valence-electron chi connectivity index (χ3n) is 5.21. The molecular formula is C19H23N2NaO5S. The number of carboxylic acids is 1. The second-order valence-electron chi connectivity index (χ2n) is 7.39. The molecule has 0 radical (unpaired) electrons. The van der Waals surface area contributed by atoms with Gasteiger partial charge in [0.05, 0.1) is 17.4 Å². The Kier molecular flexibility index (Phi) is 7.26. The minimum absolute atomic E-state index is 0. The fraction of sp³-hybridized carbons (Fsp3) is 0.526. The van der Waals surface area contributed by atoms with E-state index in [1.165, 1.54) is 21.6 Å². The first-order valence-electron chi connectivity index (χ1n) is 8.90. The van der Waals surface area contributed by atoms with Crippen molar-refractivity contribution >= 4 is 29.5 Å². The summed E-state index contributed by atoms with van der Waals surface area (Å²) in [6, 6.07) is 8.33. The zero-order valence-electron chi connectivity index (χ0n) is 16.5. The molecular weight excluding hydrogens is 391 g/mol. The van der Waals surface area contributed by atoms with Crippen molar-refractivity contribution in [3.05, 3.63) is 35.9 Å². The van der Waals surface area contributed by atoms with E-state index in [0.29, 0.717) is 13.1 Å². The maximum atomic E-state index is 12.8. The third kappa shape index (κ3) is 3.98. The van der Waals surface area contributed by atoms with Gasteiger partial charge in [0.25, 0.3) is 5.91 Å². The first-order chi connectivity index (χ1) is 12.7. The van der Waals surface area contributed by atoms with Gasteiger partial charge < -0.3 is 24.8 Å². The van der Waals surface area contributed by atoms with Gasteiger partial charge in [0.2, 0.25) is 5.91 Å². The molecule has 146 valence electrons. The van der Waals surface area contributed by atoms with E-state index < -0.39 is 46.0 Å². The van der Waals surface area contributed by atoms with E-state index in [0.717, 1.165) is 5.56 Å². The monoisotopic (exact) mass is 414 g/mol. The molecule has 2 heterocycles. The minimum Gasteiger partial charge on any atom is -0.548 e. The Morgan fingerprint density at radius 2 is 1.93 bits per heavy atom. The van der Waals surface area contributed by atoms with Gasteiger partial charge in [-0.15, -0.1) is 11.8 Å². The number of thioether (sulfide) groups is 1. The Hall–Kier alpha value is -1.06. The third-order valence-corrected chi connectivity index (χ3v) is 6.80. The largest absolute Gasteiger partial charge is 1.00 e. The molecule has 0 unspecified atom stereocenters. The molecule has 28 heavy (non-hydrogen) atoms. The van der Waals surface area contributed by atoms with Gasteiger partial charge in [-0.3, -0.25) is 9.59 Å². The van der Waals surface area contributed by atoms with Gasteiger partial charge >= 0.3 is 29.6 Å². The molecule has 2 aliphatic rings. The quantitative estimate of drug-likeness (QED) is 0.389. The minimum atomic E-state index is -1.49. The average Bonchev–Trinajstić information content (AvgIpc) is 2.87. The topological polar surface area (TPSA) is 101 Å². The number of hydrogen-bond donors (Lipinski definition) is 1. The molecule has 4 atom stereocenters. The van der Waals surface area contributed by atoms with E-state index in [1.54, 1.807) is 13.8 Å². The summed E-state index contributed by atoms with van der Waals surface area (Å²) >= 11 is 1.29. The first kappa shape index (κ1) is 23.2. The number of aliphatic hydroxyl groups is 1. The van der Waals surface area contributed by atoms with Crippen molar-refractivity contribution in [1.82, 2.24) is 9.80 Å². The smallest absolute Gasteiger partial charge is 0.548 e. The van der Waals surface area contributed by atoms with Crippen molar-refractivity contribution in [2.75, 3.05) is 6.54 Å². The summed E-state index contributed by atoms with van der Waals surface area (Å²) in [6.45, 7) is 5.98. The molecule has 2 aliphatic heterocycles. The van der Waals surface area contributed by atoms with Crippen LogP contribution in [-0.4, -0.2) is 61.5 Å². The zero-order chi connectivity index (χ0) is 19.9. The second kappa shape index (κ2) is 8.75. The molecule has 0 aromatic heterocycles. The molecule has 0 aliphatic carbocycles. The number of nitrogens with zero attached hydrogens (tertiary/aromatic N) is 2. The Bertz CT molecular complexity index is 760. The van der Waals surface area contributed by atoms with Gasteiger partial charge in [-0.1, -0.05) is 30.3 Å². The van der Waals surface area contributed by atoms with Crippen LogP contribution < -0.4 is 34.7 Å². The van der Waals surface area contributed by atoms with Crippen molar-refractivity contribution in [2.24, 2.45) is 5.92 Å². The number of benzene rings is 1. The molecule has 0 bridgehead atoms. The van der Waals surface area contributed by atoms with Crippen LogP contribution in [0.2, 0.25) is 0 Å². The fourth-order valence-electron chi connectivity index (χ4n) is 3.80. The molecule has 1 aromatic carbocycles. The van der Waals surface area contributed by atoms with Crippen LogP contribution in [0.5, 0.6) is 0 Å². The van der Waals surface area contributed by atoms with Crippen LogP contribution in [0.3, 0.4) is 0 Å². The summed E-state index contributed by atoms with van der Waals surface area (Å²) in [6.07, 6.45) is -1.49. The van der Waals surface area contributed by atoms with Crippen molar-refractivity contribution in [2.45, 2.75) is 49.6 Å².